The van der Waals surface area contributed by atoms with Gasteiger partial charge in [0.2, 0.25) is 0 Å². The summed E-state index contributed by atoms with van der Waals surface area (Å²) < 4.78 is 11.5. The molecular weight excluding hydrogens is 272 g/mol. The fourth-order valence-electron chi connectivity index (χ4n) is 3.16. The smallest absolute Gasteiger partial charge is 0.169 e. The molecule has 0 saturated carbocycles. The van der Waals surface area contributed by atoms with E-state index in [-0.39, 0.29) is 6.10 Å². The van der Waals surface area contributed by atoms with Crippen LogP contribution in [-0.2, 0) is 0 Å². The molecule has 1 aliphatic carbocycles. The lowest BCUT2D eigenvalue weighted by molar-refractivity contribution is 0.229. The number of rotatable bonds is 4. The van der Waals surface area contributed by atoms with Crippen LogP contribution in [0.3, 0.4) is 0 Å². The van der Waals surface area contributed by atoms with Crippen molar-refractivity contribution in [2.75, 3.05) is 7.11 Å². The summed E-state index contributed by atoms with van der Waals surface area (Å²) in [4.78, 5) is 0. The third-order valence-corrected chi connectivity index (χ3v) is 4.04. The maximum Gasteiger partial charge on any atom is 0.169 e. The topological polar surface area (TPSA) is 18.5 Å². The molecule has 0 fully saturated rings. The van der Waals surface area contributed by atoms with E-state index in [1.165, 1.54) is 16.7 Å². The fraction of sp³-hybridized carbons (Fsp3) is 0.300. The normalized spacial score (nSPS) is 16.4. The Morgan fingerprint density at radius 1 is 1.00 bits per heavy atom. The average molecular weight is 294 g/mol. The lowest BCUT2D eigenvalue weighted by atomic mass is 9.89. The highest BCUT2D eigenvalue weighted by Gasteiger charge is 2.28. The predicted octanol–water partition coefficient (Wildman–Crippen LogP) is 5.03. The van der Waals surface area contributed by atoms with Gasteiger partial charge in [0.1, 0.15) is 0 Å². The maximum absolute atomic E-state index is 6.04. The Morgan fingerprint density at radius 3 is 2.36 bits per heavy atom. The van der Waals surface area contributed by atoms with Crippen LogP contribution in [0.4, 0.5) is 0 Å². The molecule has 0 N–H and O–H groups in total. The van der Waals surface area contributed by atoms with Gasteiger partial charge in [0.15, 0.2) is 11.5 Å². The molecule has 114 valence electrons. The van der Waals surface area contributed by atoms with E-state index in [2.05, 4.69) is 49.4 Å². The van der Waals surface area contributed by atoms with Crippen LogP contribution in [0, 0.1) is 0 Å². The van der Waals surface area contributed by atoms with Crippen LogP contribution in [0.5, 0.6) is 11.5 Å². The van der Waals surface area contributed by atoms with E-state index >= 15 is 0 Å². The van der Waals surface area contributed by atoms with Gasteiger partial charge in [0.25, 0.3) is 0 Å². The van der Waals surface area contributed by atoms with Gasteiger partial charge in [-0.25, -0.2) is 0 Å². The summed E-state index contributed by atoms with van der Waals surface area (Å²) in [6, 6.07) is 14.8. The van der Waals surface area contributed by atoms with Gasteiger partial charge in [0, 0.05) is 11.5 Å². The second-order valence-corrected chi connectivity index (χ2v) is 6.00. The zero-order valence-electron chi connectivity index (χ0n) is 13.6. The summed E-state index contributed by atoms with van der Waals surface area (Å²) >= 11 is 0. The minimum absolute atomic E-state index is 0.116. The molecular formula is C20H22O2. The first-order valence-electron chi connectivity index (χ1n) is 7.72. The Kier molecular flexibility index (Phi) is 3.93. The van der Waals surface area contributed by atoms with Crippen molar-refractivity contribution in [3.8, 4) is 11.5 Å². The molecule has 2 nitrogen and oxygen atoms in total. The zero-order chi connectivity index (χ0) is 15.7. The molecule has 22 heavy (non-hydrogen) atoms. The monoisotopic (exact) mass is 294 g/mol. The summed E-state index contributed by atoms with van der Waals surface area (Å²) in [7, 11) is 1.69. The van der Waals surface area contributed by atoms with Crippen molar-refractivity contribution in [2.24, 2.45) is 0 Å². The molecule has 1 atom stereocenters. The molecule has 2 aromatic carbocycles. The molecule has 0 bridgehead atoms. The number of hydrogen-bond donors (Lipinski definition) is 0. The van der Waals surface area contributed by atoms with Crippen molar-refractivity contribution in [1.29, 1.82) is 0 Å². The number of ether oxygens (including phenoxy) is 2. The predicted molar refractivity (Wildman–Crippen MR) is 90.7 cm³/mol. The van der Waals surface area contributed by atoms with Crippen LogP contribution in [0.1, 0.15) is 43.4 Å². The SMILES string of the molecule is COc1ccc2c(c1OC(C)C)C=C(C)C2c1ccccc1. The Balaban J connectivity index is 2.13. The minimum atomic E-state index is 0.116. The van der Waals surface area contributed by atoms with Crippen molar-refractivity contribution in [2.45, 2.75) is 32.8 Å². The Morgan fingerprint density at radius 2 is 1.73 bits per heavy atom. The van der Waals surface area contributed by atoms with Crippen molar-refractivity contribution in [1.82, 2.24) is 0 Å². The average Bonchev–Trinajstić information content (AvgIpc) is 2.84. The molecule has 0 aromatic heterocycles. The number of fused-ring (bicyclic) bond motifs is 1. The van der Waals surface area contributed by atoms with E-state index < -0.39 is 0 Å². The van der Waals surface area contributed by atoms with Crippen LogP contribution >= 0.6 is 0 Å². The van der Waals surface area contributed by atoms with E-state index in [0.29, 0.717) is 5.92 Å². The molecule has 0 aliphatic heterocycles. The van der Waals surface area contributed by atoms with Gasteiger partial charge in [-0.05, 0) is 38.0 Å². The molecule has 2 heteroatoms. The number of hydrogen-bond acceptors (Lipinski definition) is 2. The lowest BCUT2D eigenvalue weighted by Crippen LogP contribution is -2.09. The zero-order valence-corrected chi connectivity index (χ0v) is 13.6. The van der Waals surface area contributed by atoms with Gasteiger partial charge in [-0.1, -0.05) is 48.0 Å². The van der Waals surface area contributed by atoms with Gasteiger partial charge in [-0.3, -0.25) is 0 Å². The van der Waals surface area contributed by atoms with Crippen LogP contribution in [0.25, 0.3) is 6.08 Å². The summed E-state index contributed by atoms with van der Waals surface area (Å²) in [5.41, 5.74) is 5.10. The van der Waals surface area contributed by atoms with Crippen molar-refractivity contribution in [3.05, 3.63) is 64.7 Å². The van der Waals surface area contributed by atoms with Gasteiger partial charge < -0.3 is 9.47 Å². The van der Waals surface area contributed by atoms with Gasteiger partial charge in [-0.2, -0.15) is 0 Å². The van der Waals surface area contributed by atoms with Crippen molar-refractivity contribution < 1.29 is 9.47 Å². The molecule has 3 rings (SSSR count). The quantitative estimate of drug-likeness (QED) is 0.787. The molecule has 2 aromatic rings. The molecule has 0 heterocycles. The highest BCUT2D eigenvalue weighted by atomic mass is 16.5. The molecule has 0 amide bonds. The Labute approximate surface area is 132 Å². The largest absolute Gasteiger partial charge is 0.493 e. The van der Waals surface area contributed by atoms with Crippen LogP contribution in [0.2, 0.25) is 0 Å². The summed E-state index contributed by atoms with van der Waals surface area (Å²) in [5.74, 6) is 1.95. The van der Waals surface area contributed by atoms with Crippen LogP contribution in [-0.4, -0.2) is 13.2 Å². The van der Waals surface area contributed by atoms with Gasteiger partial charge in [-0.15, -0.1) is 0 Å². The third kappa shape index (κ3) is 2.50. The van der Waals surface area contributed by atoms with E-state index in [9.17, 15) is 0 Å². The van der Waals surface area contributed by atoms with E-state index in [1.807, 2.05) is 19.9 Å². The van der Waals surface area contributed by atoms with Crippen LogP contribution in [0.15, 0.2) is 48.0 Å². The van der Waals surface area contributed by atoms with E-state index in [1.54, 1.807) is 7.11 Å². The van der Waals surface area contributed by atoms with E-state index in [0.717, 1.165) is 17.1 Å². The third-order valence-electron chi connectivity index (χ3n) is 4.04. The number of allylic oxidation sites excluding steroid dienone is 1. The Bertz CT molecular complexity index is 699. The highest BCUT2D eigenvalue weighted by molar-refractivity contribution is 5.75. The first kappa shape index (κ1) is 14.7. The van der Waals surface area contributed by atoms with Crippen LogP contribution < -0.4 is 9.47 Å². The standard InChI is InChI=1S/C20H22O2/c1-13(2)22-20-17-12-14(3)19(15-8-6-5-7-9-15)16(17)10-11-18(20)21-4/h5-13,19H,1-4H3. The molecule has 0 radical (unpaired) electrons. The first-order valence-corrected chi connectivity index (χ1v) is 7.72. The highest BCUT2D eigenvalue weighted by Crippen LogP contribution is 2.47. The van der Waals surface area contributed by atoms with Gasteiger partial charge in [0.05, 0.1) is 13.2 Å². The fourth-order valence-corrected chi connectivity index (χ4v) is 3.16. The lowest BCUT2D eigenvalue weighted by Gasteiger charge is -2.19. The molecule has 1 aliphatic rings. The first-order chi connectivity index (χ1) is 10.6. The van der Waals surface area contributed by atoms with E-state index in [4.69, 9.17) is 9.47 Å². The molecule has 1 unspecified atom stereocenters. The molecule has 0 spiro atoms. The number of methoxy groups -OCH3 is 1. The Hall–Kier alpha value is -2.22. The molecule has 0 saturated heterocycles. The minimum Gasteiger partial charge on any atom is -0.493 e. The van der Waals surface area contributed by atoms with Crippen molar-refractivity contribution in [3.63, 3.8) is 0 Å². The van der Waals surface area contributed by atoms with Gasteiger partial charge >= 0.3 is 0 Å². The maximum atomic E-state index is 6.04. The second kappa shape index (κ2) is 5.88. The number of benzene rings is 2. The summed E-state index contributed by atoms with van der Waals surface area (Å²) in [6.07, 6.45) is 2.35. The second-order valence-electron chi connectivity index (χ2n) is 6.00. The summed E-state index contributed by atoms with van der Waals surface area (Å²) in [5, 5.41) is 0. The van der Waals surface area contributed by atoms with Crippen molar-refractivity contribution >= 4 is 6.08 Å². The summed E-state index contributed by atoms with van der Waals surface area (Å²) in [6.45, 7) is 6.27.